The number of rotatable bonds is 7. The number of nitrogens with one attached hydrogen (secondary N) is 3. The van der Waals surface area contributed by atoms with E-state index in [0.29, 0.717) is 18.3 Å². The van der Waals surface area contributed by atoms with Gasteiger partial charge in [0.1, 0.15) is 0 Å². The maximum atomic E-state index is 11.2. The van der Waals surface area contributed by atoms with Gasteiger partial charge < -0.3 is 20.7 Å². The molecule has 0 saturated heterocycles. The van der Waals surface area contributed by atoms with Gasteiger partial charge in [-0.1, -0.05) is 6.92 Å². The van der Waals surface area contributed by atoms with E-state index in [-0.39, 0.29) is 18.5 Å². The summed E-state index contributed by atoms with van der Waals surface area (Å²) in [5.41, 5.74) is 0. The Labute approximate surface area is 102 Å². The summed E-state index contributed by atoms with van der Waals surface area (Å²) in [5.74, 6) is -0.0506. The molecule has 0 bridgehead atoms. The molecular weight excluding hydrogens is 226 g/mol. The van der Waals surface area contributed by atoms with Gasteiger partial charge in [-0.05, 0) is 25.6 Å². The summed E-state index contributed by atoms with van der Waals surface area (Å²) in [6, 6.07) is 0.128. The zero-order chi connectivity index (χ0) is 12.4. The number of amides is 1. The Balaban J connectivity index is 3.60. The molecule has 0 saturated carbocycles. The number of ether oxygens (including phenoxy) is 1. The number of carbonyl (C=O) groups is 1. The normalized spacial score (nSPS) is 11.7. The molecule has 0 aliphatic carbocycles. The quantitative estimate of drug-likeness (QED) is 0.553. The molecule has 0 radical (unpaired) electrons. The second-order valence-corrected chi connectivity index (χ2v) is 3.94. The molecule has 5 nitrogen and oxygen atoms in total. The Morgan fingerprint density at radius 2 is 2.12 bits per heavy atom. The second-order valence-electron chi connectivity index (χ2n) is 3.53. The van der Waals surface area contributed by atoms with E-state index in [1.165, 1.54) is 0 Å². The van der Waals surface area contributed by atoms with Crippen molar-refractivity contribution in [3.05, 3.63) is 0 Å². The van der Waals surface area contributed by atoms with Crippen molar-refractivity contribution in [2.75, 3.05) is 26.8 Å². The van der Waals surface area contributed by atoms with Gasteiger partial charge in [-0.25, -0.2) is 0 Å². The van der Waals surface area contributed by atoms with Crippen molar-refractivity contribution in [2.45, 2.75) is 26.3 Å². The van der Waals surface area contributed by atoms with Crippen molar-refractivity contribution in [3.63, 3.8) is 0 Å². The molecule has 1 atom stereocenters. The van der Waals surface area contributed by atoms with E-state index in [9.17, 15) is 4.79 Å². The molecule has 0 rings (SSSR count). The highest BCUT2D eigenvalue weighted by atomic mass is 32.1. The van der Waals surface area contributed by atoms with Gasteiger partial charge in [-0.15, -0.1) is 0 Å². The summed E-state index contributed by atoms with van der Waals surface area (Å²) in [7, 11) is 1.63. The van der Waals surface area contributed by atoms with E-state index >= 15 is 0 Å². The molecule has 6 heteroatoms. The van der Waals surface area contributed by atoms with E-state index in [0.717, 1.165) is 6.42 Å². The Hall–Kier alpha value is -0.880. The van der Waals surface area contributed by atoms with Crippen LogP contribution in [0.4, 0.5) is 0 Å². The summed E-state index contributed by atoms with van der Waals surface area (Å²) >= 11 is 5.02. The molecule has 1 amide bonds. The van der Waals surface area contributed by atoms with Gasteiger partial charge in [-0.2, -0.15) is 0 Å². The molecule has 0 aromatic rings. The van der Waals surface area contributed by atoms with Gasteiger partial charge in [-0.3, -0.25) is 4.79 Å². The summed E-state index contributed by atoms with van der Waals surface area (Å²) < 4.78 is 4.95. The van der Waals surface area contributed by atoms with Crippen LogP contribution in [-0.4, -0.2) is 43.9 Å². The number of thiocarbonyl (C=S) groups is 1. The third kappa shape index (κ3) is 8.43. The van der Waals surface area contributed by atoms with E-state index < -0.39 is 0 Å². The standard InChI is InChI=1S/C10H21N3O2S/c1-4-5-11-9(14)6-12-10(16)13-8(2)7-15-3/h8H,4-7H2,1-3H3,(H,11,14)(H2,12,13,16). The van der Waals surface area contributed by atoms with Crippen LogP contribution in [0.1, 0.15) is 20.3 Å². The van der Waals surface area contributed by atoms with Crippen LogP contribution in [0, 0.1) is 0 Å². The van der Waals surface area contributed by atoms with Gasteiger partial charge in [0, 0.05) is 19.7 Å². The first-order valence-electron chi connectivity index (χ1n) is 5.40. The topological polar surface area (TPSA) is 62.4 Å². The zero-order valence-corrected chi connectivity index (χ0v) is 10.9. The number of carbonyl (C=O) groups excluding carboxylic acids is 1. The molecule has 0 fully saturated rings. The fourth-order valence-corrected chi connectivity index (χ4v) is 1.33. The molecule has 0 aromatic carbocycles. The molecule has 0 aromatic heterocycles. The third-order valence-corrected chi connectivity index (χ3v) is 2.04. The minimum absolute atomic E-state index is 0.0506. The first kappa shape index (κ1) is 15.1. The maximum absolute atomic E-state index is 11.2. The van der Waals surface area contributed by atoms with Crippen LogP contribution >= 0.6 is 12.2 Å². The average molecular weight is 247 g/mol. The van der Waals surface area contributed by atoms with Crippen molar-refractivity contribution in [3.8, 4) is 0 Å². The fraction of sp³-hybridized carbons (Fsp3) is 0.800. The lowest BCUT2D eigenvalue weighted by molar-refractivity contribution is -0.119. The van der Waals surface area contributed by atoms with Crippen LogP contribution in [0.5, 0.6) is 0 Å². The first-order valence-corrected chi connectivity index (χ1v) is 5.81. The van der Waals surface area contributed by atoms with Crippen LogP contribution < -0.4 is 16.0 Å². The van der Waals surface area contributed by atoms with Crippen LogP contribution in [0.2, 0.25) is 0 Å². The van der Waals surface area contributed by atoms with Crippen molar-refractivity contribution >= 4 is 23.2 Å². The van der Waals surface area contributed by atoms with Crippen molar-refractivity contribution in [1.82, 2.24) is 16.0 Å². The third-order valence-electron chi connectivity index (χ3n) is 1.78. The van der Waals surface area contributed by atoms with Gasteiger partial charge in [0.15, 0.2) is 5.11 Å². The molecular formula is C10H21N3O2S. The number of hydrogen-bond acceptors (Lipinski definition) is 3. The van der Waals surface area contributed by atoms with E-state index in [2.05, 4.69) is 16.0 Å². The van der Waals surface area contributed by atoms with Crippen LogP contribution in [0.3, 0.4) is 0 Å². The Morgan fingerprint density at radius 3 is 2.69 bits per heavy atom. The number of hydrogen-bond donors (Lipinski definition) is 3. The predicted octanol–water partition coefficient (Wildman–Crippen LogP) is 0.0116. The smallest absolute Gasteiger partial charge is 0.239 e. The molecule has 16 heavy (non-hydrogen) atoms. The molecule has 3 N–H and O–H groups in total. The van der Waals surface area contributed by atoms with Gasteiger partial charge in [0.25, 0.3) is 0 Å². The lowest BCUT2D eigenvalue weighted by Gasteiger charge is -2.15. The Bertz CT molecular complexity index is 224. The largest absolute Gasteiger partial charge is 0.383 e. The van der Waals surface area contributed by atoms with E-state index in [1.54, 1.807) is 7.11 Å². The average Bonchev–Trinajstić information content (AvgIpc) is 2.23. The summed E-state index contributed by atoms with van der Waals surface area (Å²) in [6.45, 7) is 5.43. The molecule has 0 heterocycles. The molecule has 1 unspecified atom stereocenters. The summed E-state index contributed by atoms with van der Waals surface area (Å²) in [6.07, 6.45) is 0.930. The molecule has 0 aliphatic rings. The van der Waals surface area contributed by atoms with Crippen LogP contribution in [-0.2, 0) is 9.53 Å². The first-order chi connectivity index (χ1) is 7.60. The summed E-state index contributed by atoms with van der Waals surface area (Å²) in [5, 5.41) is 9.06. The minimum atomic E-state index is -0.0506. The lowest BCUT2D eigenvalue weighted by atomic mass is 10.4. The highest BCUT2D eigenvalue weighted by molar-refractivity contribution is 7.80. The Kier molecular flexibility index (Phi) is 8.84. The SMILES string of the molecule is CCCNC(=O)CNC(=S)NC(C)COC. The van der Waals surface area contributed by atoms with Crippen molar-refractivity contribution in [2.24, 2.45) is 0 Å². The molecule has 0 aliphatic heterocycles. The Morgan fingerprint density at radius 1 is 1.44 bits per heavy atom. The van der Waals surface area contributed by atoms with Crippen molar-refractivity contribution < 1.29 is 9.53 Å². The number of methoxy groups -OCH3 is 1. The predicted molar refractivity (Wildman–Crippen MR) is 68.4 cm³/mol. The van der Waals surface area contributed by atoms with Crippen molar-refractivity contribution in [1.29, 1.82) is 0 Å². The molecule has 0 spiro atoms. The zero-order valence-electron chi connectivity index (χ0n) is 10.1. The minimum Gasteiger partial charge on any atom is -0.383 e. The highest BCUT2D eigenvalue weighted by Crippen LogP contribution is 1.82. The molecule has 94 valence electrons. The van der Waals surface area contributed by atoms with Gasteiger partial charge >= 0.3 is 0 Å². The summed E-state index contributed by atoms with van der Waals surface area (Å²) in [4.78, 5) is 11.2. The monoisotopic (exact) mass is 247 g/mol. The van der Waals surface area contributed by atoms with E-state index in [4.69, 9.17) is 17.0 Å². The fourth-order valence-electron chi connectivity index (χ4n) is 1.05. The van der Waals surface area contributed by atoms with E-state index in [1.807, 2.05) is 13.8 Å². The second kappa shape index (κ2) is 9.35. The van der Waals surface area contributed by atoms with Crippen LogP contribution in [0.15, 0.2) is 0 Å². The van der Waals surface area contributed by atoms with Crippen LogP contribution in [0.25, 0.3) is 0 Å². The van der Waals surface area contributed by atoms with Gasteiger partial charge in [0.05, 0.1) is 13.2 Å². The van der Waals surface area contributed by atoms with Gasteiger partial charge in [0.2, 0.25) is 5.91 Å². The lowest BCUT2D eigenvalue weighted by Crippen LogP contribution is -2.46. The highest BCUT2D eigenvalue weighted by Gasteiger charge is 2.04. The maximum Gasteiger partial charge on any atom is 0.239 e.